The molecule has 5 nitrogen and oxygen atoms in total. The van der Waals surface area contributed by atoms with Crippen LogP contribution in [0.4, 0.5) is 0 Å². The number of carbonyl (C=O) groups excluding carboxylic acids is 1. The van der Waals surface area contributed by atoms with Gasteiger partial charge in [0.2, 0.25) is 5.91 Å². The van der Waals surface area contributed by atoms with Crippen LogP contribution in [0.2, 0.25) is 0 Å². The Morgan fingerprint density at radius 1 is 1.24 bits per heavy atom. The smallest absolute Gasteiger partial charge is 0.335 e. The average molecular weight is 293 g/mol. The summed E-state index contributed by atoms with van der Waals surface area (Å²) in [5.74, 6) is -0.769. The van der Waals surface area contributed by atoms with Crippen LogP contribution in [-0.4, -0.2) is 36.2 Å². The van der Waals surface area contributed by atoms with Gasteiger partial charge in [-0.05, 0) is 30.5 Å². The lowest BCUT2D eigenvalue weighted by molar-refractivity contribution is -0.122. The van der Waals surface area contributed by atoms with E-state index in [4.69, 9.17) is 9.84 Å². The first-order valence-electron chi connectivity index (χ1n) is 7.13. The lowest BCUT2D eigenvalue weighted by Gasteiger charge is -2.22. The molecule has 116 valence electrons. The molecule has 0 saturated heterocycles. The molecule has 0 aliphatic rings. The number of nitrogens with one attached hydrogen (secondary N) is 1. The molecule has 1 amide bonds. The minimum atomic E-state index is -0.970. The number of benzene rings is 1. The van der Waals surface area contributed by atoms with E-state index in [2.05, 4.69) is 5.32 Å². The first-order valence-corrected chi connectivity index (χ1v) is 7.13. The summed E-state index contributed by atoms with van der Waals surface area (Å²) >= 11 is 0. The molecule has 2 N–H and O–H groups in total. The number of aromatic carboxylic acids is 1. The lowest BCUT2D eigenvalue weighted by Crippen LogP contribution is -2.42. The normalized spacial score (nSPS) is 12.2. The molecule has 1 atom stereocenters. The fourth-order valence-electron chi connectivity index (χ4n) is 1.85. The van der Waals surface area contributed by atoms with Gasteiger partial charge >= 0.3 is 5.97 Å². The highest BCUT2D eigenvalue weighted by Crippen LogP contribution is 2.07. The molecular formula is C16H23NO4. The van der Waals surface area contributed by atoms with E-state index in [-0.39, 0.29) is 29.9 Å². The van der Waals surface area contributed by atoms with Gasteiger partial charge in [0.15, 0.2) is 0 Å². The molecule has 0 fully saturated rings. The molecule has 21 heavy (non-hydrogen) atoms. The molecule has 0 spiro atoms. The van der Waals surface area contributed by atoms with Gasteiger partial charge in [0.1, 0.15) is 0 Å². The van der Waals surface area contributed by atoms with Crippen molar-refractivity contribution in [1.29, 1.82) is 0 Å². The van der Waals surface area contributed by atoms with E-state index in [1.807, 2.05) is 20.8 Å². The second kappa shape index (κ2) is 8.42. The molecule has 0 heterocycles. The SMILES string of the molecule is CCOCC(NC(=O)Cc1ccc(C(=O)O)cc1)C(C)C. The fourth-order valence-corrected chi connectivity index (χ4v) is 1.85. The van der Waals surface area contributed by atoms with Gasteiger partial charge in [-0.1, -0.05) is 26.0 Å². The van der Waals surface area contributed by atoms with Crippen molar-refractivity contribution >= 4 is 11.9 Å². The Morgan fingerprint density at radius 3 is 2.33 bits per heavy atom. The average Bonchev–Trinajstić information content (AvgIpc) is 2.43. The number of rotatable bonds is 8. The van der Waals surface area contributed by atoms with Crippen LogP contribution in [0.5, 0.6) is 0 Å². The van der Waals surface area contributed by atoms with Gasteiger partial charge < -0.3 is 15.2 Å². The van der Waals surface area contributed by atoms with Gasteiger partial charge in [-0.15, -0.1) is 0 Å². The lowest BCUT2D eigenvalue weighted by atomic mass is 10.0. The molecule has 0 saturated carbocycles. The zero-order valence-electron chi connectivity index (χ0n) is 12.8. The number of hydrogen-bond acceptors (Lipinski definition) is 3. The minimum Gasteiger partial charge on any atom is -0.478 e. The molecule has 1 aromatic carbocycles. The minimum absolute atomic E-state index is 0.0178. The number of ether oxygens (including phenoxy) is 1. The van der Waals surface area contributed by atoms with Gasteiger partial charge in [0.05, 0.1) is 24.6 Å². The summed E-state index contributed by atoms with van der Waals surface area (Å²) in [6.07, 6.45) is 0.231. The van der Waals surface area contributed by atoms with Crippen LogP contribution in [0.25, 0.3) is 0 Å². The molecule has 0 bridgehead atoms. The second-order valence-electron chi connectivity index (χ2n) is 5.26. The van der Waals surface area contributed by atoms with Gasteiger partial charge in [-0.25, -0.2) is 4.79 Å². The van der Waals surface area contributed by atoms with Crippen molar-refractivity contribution < 1.29 is 19.4 Å². The Kier molecular flexibility index (Phi) is 6.88. The number of amides is 1. The molecule has 0 aromatic heterocycles. The highest BCUT2D eigenvalue weighted by Gasteiger charge is 2.16. The Labute approximate surface area is 125 Å². The van der Waals surface area contributed by atoms with Crippen molar-refractivity contribution in [3.05, 3.63) is 35.4 Å². The summed E-state index contributed by atoms with van der Waals surface area (Å²) < 4.78 is 5.37. The highest BCUT2D eigenvalue weighted by molar-refractivity contribution is 5.87. The van der Waals surface area contributed by atoms with E-state index in [0.29, 0.717) is 13.2 Å². The third-order valence-corrected chi connectivity index (χ3v) is 3.22. The van der Waals surface area contributed by atoms with E-state index >= 15 is 0 Å². The quantitative estimate of drug-likeness (QED) is 0.769. The third kappa shape index (κ3) is 5.95. The van der Waals surface area contributed by atoms with E-state index < -0.39 is 5.97 Å². The Bertz CT molecular complexity index is 468. The number of carboxylic acids is 1. The van der Waals surface area contributed by atoms with E-state index in [1.165, 1.54) is 12.1 Å². The Hall–Kier alpha value is -1.88. The first kappa shape index (κ1) is 17.2. The molecule has 1 rings (SSSR count). The molecule has 0 radical (unpaired) electrons. The monoisotopic (exact) mass is 293 g/mol. The van der Waals surface area contributed by atoms with Crippen molar-refractivity contribution in [2.24, 2.45) is 5.92 Å². The zero-order valence-corrected chi connectivity index (χ0v) is 12.8. The predicted molar refractivity (Wildman–Crippen MR) is 80.4 cm³/mol. The van der Waals surface area contributed by atoms with Gasteiger partial charge in [-0.2, -0.15) is 0 Å². The summed E-state index contributed by atoms with van der Waals surface area (Å²) in [7, 11) is 0. The first-order chi connectivity index (χ1) is 9.93. The zero-order chi connectivity index (χ0) is 15.8. The van der Waals surface area contributed by atoms with Crippen molar-refractivity contribution in [2.45, 2.75) is 33.2 Å². The van der Waals surface area contributed by atoms with Crippen molar-refractivity contribution in [3.8, 4) is 0 Å². The molecular weight excluding hydrogens is 270 g/mol. The summed E-state index contributed by atoms with van der Waals surface area (Å²) in [4.78, 5) is 22.8. The molecule has 1 unspecified atom stereocenters. The number of carboxylic acid groups (broad SMARTS) is 1. The second-order valence-corrected chi connectivity index (χ2v) is 5.26. The Morgan fingerprint density at radius 2 is 1.86 bits per heavy atom. The maximum absolute atomic E-state index is 12.0. The fraction of sp³-hybridized carbons (Fsp3) is 0.500. The highest BCUT2D eigenvalue weighted by atomic mass is 16.5. The summed E-state index contributed by atoms with van der Waals surface area (Å²) in [5, 5.41) is 11.8. The van der Waals surface area contributed by atoms with Crippen LogP contribution in [0.15, 0.2) is 24.3 Å². The Balaban J connectivity index is 2.57. The van der Waals surface area contributed by atoms with E-state index in [0.717, 1.165) is 5.56 Å². The summed E-state index contributed by atoms with van der Waals surface area (Å²) in [6.45, 7) is 7.11. The molecule has 0 aliphatic heterocycles. The number of hydrogen-bond donors (Lipinski definition) is 2. The van der Waals surface area contributed by atoms with Crippen LogP contribution in [-0.2, 0) is 16.0 Å². The summed E-state index contributed by atoms with van der Waals surface area (Å²) in [5.41, 5.74) is 1.01. The maximum Gasteiger partial charge on any atom is 0.335 e. The van der Waals surface area contributed by atoms with Crippen LogP contribution in [0.3, 0.4) is 0 Å². The van der Waals surface area contributed by atoms with Crippen molar-refractivity contribution in [1.82, 2.24) is 5.32 Å². The van der Waals surface area contributed by atoms with Gasteiger partial charge in [-0.3, -0.25) is 4.79 Å². The van der Waals surface area contributed by atoms with Gasteiger partial charge in [0, 0.05) is 6.61 Å². The van der Waals surface area contributed by atoms with Crippen molar-refractivity contribution in [2.75, 3.05) is 13.2 Å². The summed E-state index contributed by atoms with van der Waals surface area (Å²) in [6, 6.07) is 6.32. The molecule has 0 aliphatic carbocycles. The predicted octanol–water partition coefficient (Wildman–Crippen LogP) is 2.10. The van der Waals surface area contributed by atoms with E-state index in [9.17, 15) is 9.59 Å². The van der Waals surface area contributed by atoms with Gasteiger partial charge in [0.25, 0.3) is 0 Å². The standard InChI is InChI=1S/C16H23NO4/c1-4-21-10-14(11(2)3)17-15(18)9-12-5-7-13(8-6-12)16(19)20/h5-8,11,14H,4,9-10H2,1-3H3,(H,17,18)(H,19,20). The van der Waals surface area contributed by atoms with Crippen LogP contribution in [0.1, 0.15) is 36.7 Å². The third-order valence-electron chi connectivity index (χ3n) is 3.22. The maximum atomic E-state index is 12.0. The van der Waals surface area contributed by atoms with Crippen LogP contribution >= 0.6 is 0 Å². The van der Waals surface area contributed by atoms with E-state index in [1.54, 1.807) is 12.1 Å². The topological polar surface area (TPSA) is 75.6 Å². The molecule has 5 heteroatoms. The van der Waals surface area contributed by atoms with Crippen LogP contribution in [0, 0.1) is 5.92 Å². The van der Waals surface area contributed by atoms with Crippen LogP contribution < -0.4 is 5.32 Å². The molecule has 1 aromatic rings. The number of carbonyl (C=O) groups is 2. The largest absolute Gasteiger partial charge is 0.478 e. The van der Waals surface area contributed by atoms with Crippen molar-refractivity contribution in [3.63, 3.8) is 0 Å².